The van der Waals surface area contributed by atoms with E-state index in [2.05, 4.69) is 18.7 Å². The quantitative estimate of drug-likeness (QED) is 0.736. The van der Waals surface area contributed by atoms with Crippen LogP contribution in [0.2, 0.25) is 0 Å². The van der Waals surface area contributed by atoms with Gasteiger partial charge in [-0.25, -0.2) is 9.97 Å². The van der Waals surface area contributed by atoms with E-state index in [1.807, 2.05) is 60.7 Å². The van der Waals surface area contributed by atoms with Crippen molar-refractivity contribution >= 4 is 21.8 Å². The molecule has 2 aromatic carbocycles. The molecule has 1 aromatic heterocycles. The van der Waals surface area contributed by atoms with Crippen LogP contribution < -0.4 is 5.73 Å². The number of benzene rings is 2. The number of rotatable bonds is 2. The number of nitrogens with two attached hydrogens (primary N) is 1. The second-order valence-corrected chi connectivity index (χ2v) is 6.66. The Hall–Kier alpha value is -3.10. The van der Waals surface area contributed by atoms with Crippen molar-refractivity contribution in [2.75, 3.05) is 0 Å². The summed E-state index contributed by atoms with van der Waals surface area (Å²) in [6.07, 6.45) is 0. The van der Waals surface area contributed by atoms with Crippen molar-refractivity contribution in [3.05, 3.63) is 66.4 Å². The Labute approximate surface area is 144 Å². The summed E-state index contributed by atoms with van der Waals surface area (Å²) in [5, 5.41) is 0. The minimum atomic E-state index is -3.79. The van der Waals surface area contributed by atoms with Crippen LogP contribution in [0.5, 0.6) is 0 Å². The van der Waals surface area contributed by atoms with Gasteiger partial charge in [0, 0.05) is 11.1 Å². The first kappa shape index (κ1) is 15.4. The Morgan fingerprint density at radius 3 is 1.88 bits per heavy atom. The van der Waals surface area contributed by atoms with Crippen molar-refractivity contribution in [1.82, 2.24) is 9.97 Å². The summed E-state index contributed by atoms with van der Waals surface area (Å²) in [4.78, 5) is 9.03. The lowest BCUT2D eigenvalue weighted by Gasteiger charge is -2.15. The van der Waals surface area contributed by atoms with Crippen LogP contribution in [0.4, 0.5) is 5.82 Å². The molecular weight excluding hydrogens is 338 g/mol. The van der Waals surface area contributed by atoms with Gasteiger partial charge in [0.15, 0.2) is 17.3 Å². The van der Waals surface area contributed by atoms with E-state index in [1.165, 1.54) is 0 Å². The van der Waals surface area contributed by atoms with Crippen molar-refractivity contribution in [3.8, 4) is 22.5 Å². The minimum absolute atomic E-state index is 0.0125. The van der Waals surface area contributed by atoms with Crippen LogP contribution in [0.25, 0.3) is 22.5 Å². The van der Waals surface area contributed by atoms with Crippen molar-refractivity contribution in [2.24, 2.45) is 14.5 Å². The molecule has 1 atom stereocenters. The lowest BCUT2D eigenvalue weighted by atomic mass is 10.0. The minimum Gasteiger partial charge on any atom is -0.381 e. The zero-order valence-electron chi connectivity index (χ0n) is 12.9. The number of hydrogen-bond acceptors (Lipinski definition) is 5. The zero-order chi connectivity index (χ0) is 17.4. The third-order valence-corrected chi connectivity index (χ3v) is 4.48. The van der Waals surface area contributed by atoms with E-state index in [-0.39, 0.29) is 17.3 Å². The Morgan fingerprint density at radius 1 is 0.800 bits per heavy atom. The summed E-state index contributed by atoms with van der Waals surface area (Å²) in [6.45, 7) is 0. The van der Waals surface area contributed by atoms with Crippen molar-refractivity contribution in [2.45, 2.75) is 0 Å². The van der Waals surface area contributed by atoms with Crippen LogP contribution >= 0.6 is 0 Å². The molecule has 0 amide bonds. The molecule has 8 heteroatoms. The monoisotopic (exact) mass is 351 g/mol. The average Bonchev–Trinajstić information content (AvgIpc) is 2.61. The maximum Gasteiger partial charge on any atom is 0.281 e. The third-order valence-electron chi connectivity index (χ3n) is 3.64. The van der Waals surface area contributed by atoms with Crippen molar-refractivity contribution in [3.63, 3.8) is 0 Å². The van der Waals surface area contributed by atoms with Gasteiger partial charge in [0.25, 0.3) is 10.2 Å². The highest BCUT2D eigenvalue weighted by molar-refractivity contribution is 7.87. The molecule has 0 fully saturated rings. The molecule has 3 aromatic rings. The van der Waals surface area contributed by atoms with Gasteiger partial charge in [-0.15, -0.1) is 8.76 Å². The summed E-state index contributed by atoms with van der Waals surface area (Å²) >= 11 is 0. The van der Waals surface area contributed by atoms with E-state index in [0.29, 0.717) is 11.4 Å². The standard InChI is InChI=1S/C17H13N5O2S/c18-16-15-17(22-25(23,24)21-16)20-14(12-9-5-2-6-10-12)13(19-15)11-7-3-1-4-8-11/h1-10H,(H3,18,20,21,22,23,24). The number of amidine groups is 1. The molecule has 1 unspecified atom stereocenters. The molecular formula is C17H13N5O2S. The largest absolute Gasteiger partial charge is 0.381 e. The van der Waals surface area contributed by atoms with Crippen LogP contribution in [0.1, 0.15) is 5.69 Å². The smallest absolute Gasteiger partial charge is 0.281 e. The van der Waals surface area contributed by atoms with Gasteiger partial charge < -0.3 is 5.73 Å². The summed E-state index contributed by atoms with van der Waals surface area (Å²) in [7, 11) is -3.79. The first-order valence-corrected chi connectivity index (χ1v) is 8.84. The van der Waals surface area contributed by atoms with E-state index in [0.717, 1.165) is 11.1 Å². The molecule has 0 saturated heterocycles. The predicted octanol–water partition coefficient (Wildman–Crippen LogP) is 3.02. The summed E-state index contributed by atoms with van der Waals surface area (Å²) in [5.74, 6) is -0.139. The van der Waals surface area contributed by atoms with Gasteiger partial charge in [0.1, 0.15) is 0 Å². The molecule has 4 rings (SSSR count). The molecule has 2 heterocycles. The van der Waals surface area contributed by atoms with E-state index in [1.54, 1.807) is 0 Å². The third kappa shape index (κ3) is 2.88. The number of fused-ring (bicyclic) bond motifs is 1. The second kappa shape index (κ2) is 5.76. The number of hydrogen-bond donors (Lipinski definition) is 2. The van der Waals surface area contributed by atoms with Crippen molar-refractivity contribution < 1.29 is 8.76 Å². The van der Waals surface area contributed by atoms with Gasteiger partial charge in [-0.05, 0) is 0 Å². The molecule has 0 bridgehead atoms. The number of aromatic nitrogens is 2. The topological polar surface area (TPSA) is 114 Å². The molecule has 7 nitrogen and oxygen atoms in total. The van der Waals surface area contributed by atoms with Gasteiger partial charge in [0.2, 0.25) is 0 Å². The molecule has 0 spiro atoms. The SMILES string of the molecule is NC1=NS(=O)(O)=Nc2nc(-c3ccccc3)c(-c3ccccc3)nc21. The van der Waals surface area contributed by atoms with Crippen LogP contribution in [0.15, 0.2) is 69.4 Å². The maximum atomic E-state index is 11.8. The maximum absolute atomic E-state index is 11.8. The van der Waals surface area contributed by atoms with Gasteiger partial charge >= 0.3 is 0 Å². The Kier molecular flexibility index (Phi) is 3.56. The molecule has 124 valence electrons. The van der Waals surface area contributed by atoms with Gasteiger partial charge in [-0.1, -0.05) is 60.7 Å². The van der Waals surface area contributed by atoms with E-state index in [4.69, 9.17) is 5.73 Å². The normalized spacial score (nSPS) is 18.8. The molecule has 0 radical (unpaired) electrons. The lowest BCUT2D eigenvalue weighted by molar-refractivity contribution is 0.553. The Morgan fingerprint density at radius 2 is 1.32 bits per heavy atom. The van der Waals surface area contributed by atoms with Gasteiger partial charge in [-0.2, -0.15) is 4.21 Å². The van der Waals surface area contributed by atoms with Gasteiger partial charge in [0.05, 0.1) is 11.4 Å². The van der Waals surface area contributed by atoms with Crippen LogP contribution in [0.3, 0.4) is 0 Å². The lowest BCUT2D eigenvalue weighted by Crippen LogP contribution is -2.21. The summed E-state index contributed by atoms with van der Waals surface area (Å²) in [5.41, 5.74) is 8.83. The highest BCUT2D eigenvalue weighted by Crippen LogP contribution is 2.33. The van der Waals surface area contributed by atoms with Crippen LogP contribution in [-0.2, 0) is 10.2 Å². The molecule has 3 N–H and O–H groups in total. The Bertz CT molecular complexity index is 1100. The van der Waals surface area contributed by atoms with Crippen LogP contribution in [0, 0.1) is 0 Å². The fraction of sp³-hybridized carbons (Fsp3) is 0. The zero-order valence-corrected chi connectivity index (χ0v) is 13.7. The molecule has 1 aliphatic rings. The molecule has 0 saturated carbocycles. The summed E-state index contributed by atoms with van der Waals surface area (Å²) in [6, 6.07) is 19.0. The first-order chi connectivity index (χ1) is 12.0. The first-order valence-electron chi connectivity index (χ1n) is 7.42. The van der Waals surface area contributed by atoms with Gasteiger partial charge in [-0.3, -0.25) is 4.55 Å². The fourth-order valence-electron chi connectivity index (χ4n) is 2.56. The second-order valence-electron chi connectivity index (χ2n) is 5.36. The fourth-order valence-corrected chi connectivity index (χ4v) is 3.30. The molecule has 0 aliphatic carbocycles. The summed E-state index contributed by atoms with van der Waals surface area (Å²) < 4.78 is 28.7. The molecule has 25 heavy (non-hydrogen) atoms. The highest BCUT2D eigenvalue weighted by atomic mass is 32.2. The number of nitrogens with zero attached hydrogens (tertiary/aromatic N) is 4. The Balaban J connectivity index is 2.05. The highest BCUT2D eigenvalue weighted by Gasteiger charge is 2.23. The van der Waals surface area contributed by atoms with E-state index < -0.39 is 10.2 Å². The van der Waals surface area contributed by atoms with E-state index in [9.17, 15) is 8.76 Å². The van der Waals surface area contributed by atoms with Crippen molar-refractivity contribution in [1.29, 1.82) is 0 Å². The molecule has 1 aliphatic heterocycles. The van der Waals surface area contributed by atoms with Crippen LogP contribution in [-0.4, -0.2) is 24.6 Å². The van der Waals surface area contributed by atoms with E-state index >= 15 is 0 Å². The average molecular weight is 351 g/mol. The predicted molar refractivity (Wildman–Crippen MR) is 96.5 cm³/mol.